The van der Waals surface area contributed by atoms with Crippen molar-refractivity contribution in [1.82, 2.24) is 10.3 Å². The first-order valence-corrected chi connectivity index (χ1v) is 9.80. The number of hydrogen-bond donors (Lipinski definition) is 3. The Hall–Kier alpha value is -2.86. The van der Waals surface area contributed by atoms with Gasteiger partial charge in [0.1, 0.15) is 5.56 Å². The molecular formula is C22H29N3O3. The molecule has 1 heterocycles. The molecule has 0 bridgehead atoms. The number of aromatic nitrogens is 1. The Morgan fingerprint density at radius 1 is 1.32 bits per heavy atom. The molecule has 1 unspecified atom stereocenters. The van der Waals surface area contributed by atoms with E-state index in [0.29, 0.717) is 28.9 Å². The molecule has 6 heteroatoms. The first-order chi connectivity index (χ1) is 13.6. The number of fused-ring (bicyclic) bond motifs is 1. The van der Waals surface area contributed by atoms with Gasteiger partial charge in [0.2, 0.25) is 5.43 Å². The van der Waals surface area contributed by atoms with E-state index in [9.17, 15) is 9.59 Å². The number of ether oxygens (including phenoxy) is 1. The summed E-state index contributed by atoms with van der Waals surface area (Å²) in [4.78, 5) is 28.4. The van der Waals surface area contributed by atoms with E-state index >= 15 is 0 Å². The minimum atomic E-state index is -0.469. The van der Waals surface area contributed by atoms with Crippen molar-refractivity contribution in [3.63, 3.8) is 0 Å². The van der Waals surface area contributed by atoms with E-state index in [1.165, 1.54) is 6.20 Å². The van der Waals surface area contributed by atoms with Gasteiger partial charge in [-0.25, -0.2) is 0 Å². The molecule has 1 aliphatic carbocycles. The van der Waals surface area contributed by atoms with Crippen LogP contribution in [-0.4, -0.2) is 23.6 Å². The van der Waals surface area contributed by atoms with Crippen LogP contribution in [0.2, 0.25) is 0 Å². The number of nitrogens with one attached hydrogen (secondary N) is 2. The lowest BCUT2D eigenvalue weighted by Crippen LogP contribution is -2.34. The summed E-state index contributed by atoms with van der Waals surface area (Å²) in [5, 5.41) is 3.31. The molecule has 150 valence electrons. The molecule has 0 saturated carbocycles. The molecule has 1 amide bonds. The first kappa shape index (κ1) is 21.4. The van der Waals surface area contributed by atoms with E-state index in [4.69, 9.17) is 10.5 Å². The number of carbonyl (C=O) groups is 1. The van der Waals surface area contributed by atoms with Crippen molar-refractivity contribution < 1.29 is 9.53 Å². The van der Waals surface area contributed by atoms with Crippen molar-refractivity contribution in [3.05, 3.63) is 69.8 Å². The maximum atomic E-state index is 12.7. The molecule has 0 radical (unpaired) electrons. The largest absolute Gasteiger partial charge is 0.399 e. The predicted octanol–water partition coefficient (Wildman–Crippen LogP) is 3.60. The molecule has 1 aromatic heterocycles. The summed E-state index contributed by atoms with van der Waals surface area (Å²) in [6.07, 6.45) is 7.18. The fraction of sp³-hybridized carbons (Fsp3) is 0.364. The average molecular weight is 383 g/mol. The standard InChI is InChI=1S/C20H23N3O3.C2H6/c1-2-10-26-18-9-5-6-13(21)11-17(18)23-20(25)15-12-22-16-8-4-3-7-14(16)19(15)24;1-2/h3-4,6-8,11-12,18H,2,5,9-10,21H2,1H3,(H,22,24)(H,23,25);1-2H3. The fourth-order valence-corrected chi connectivity index (χ4v) is 2.97. The molecule has 0 fully saturated rings. The van der Waals surface area contributed by atoms with Crippen LogP contribution in [0.3, 0.4) is 0 Å². The van der Waals surface area contributed by atoms with Crippen molar-refractivity contribution in [1.29, 1.82) is 0 Å². The molecule has 1 atom stereocenters. The lowest BCUT2D eigenvalue weighted by atomic mass is 10.1. The molecule has 3 rings (SSSR count). The van der Waals surface area contributed by atoms with E-state index in [0.717, 1.165) is 19.3 Å². The van der Waals surface area contributed by atoms with E-state index in [1.54, 1.807) is 24.3 Å². The number of benzene rings is 1. The Bertz CT molecular complexity index is 928. The van der Waals surface area contributed by atoms with Gasteiger partial charge in [0.15, 0.2) is 0 Å². The minimum absolute atomic E-state index is 0.0608. The zero-order valence-electron chi connectivity index (χ0n) is 16.7. The van der Waals surface area contributed by atoms with Crippen LogP contribution in [0.15, 0.2) is 58.8 Å². The number of allylic oxidation sites excluding steroid dienone is 2. The lowest BCUT2D eigenvalue weighted by Gasteiger charge is -2.20. The third-order valence-corrected chi connectivity index (χ3v) is 4.29. The maximum absolute atomic E-state index is 12.7. The molecule has 1 aromatic carbocycles. The van der Waals surface area contributed by atoms with Crippen LogP contribution in [0.5, 0.6) is 0 Å². The van der Waals surface area contributed by atoms with Crippen LogP contribution in [-0.2, 0) is 4.74 Å². The summed E-state index contributed by atoms with van der Waals surface area (Å²) in [5.74, 6) is -0.469. The van der Waals surface area contributed by atoms with Gasteiger partial charge in [-0.2, -0.15) is 0 Å². The average Bonchev–Trinajstić information content (AvgIpc) is 2.89. The normalized spacial score (nSPS) is 16.3. The number of carbonyl (C=O) groups excluding carboxylic acids is 1. The van der Waals surface area contributed by atoms with Crippen LogP contribution in [0.4, 0.5) is 0 Å². The van der Waals surface area contributed by atoms with Gasteiger partial charge in [0, 0.05) is 35.1 Å². The number of hydrogen-bond acceptors (Lipinski definition) is 4. The van der Waals surface area contributed by atoms with Crippen molar-refractivity contribution in [3.8, 4) is 0 Å². The molecule has 2 aromatic rings. The first-order valence-electron chi connectivity index (χ1n) is 9.80. The van der Waals surface area contributed by atoms with Crippen LogP contribution < -0.4 is 16.5 Å². The maximum Gasteiger partial charge on any atom is 0.260 e. The minimum Gasteiger partial charge on any atom is -0.399 e. The smallest absolute Gasteiger partial charge is 0.260 e. The zero-order valence-corrected chi connectivity index (χ0v) is 16.7. The Kier molecular flexibility index (Phi) is 8.02. The van der Waals surface area contributed by atoms with E-state index in [1.807, 2.05) is 32.9 Å². The molecular weight excluding hydrogens is 354 g/mol. The molecule has 4 N–H and O–H groups in total. The van der Waals surface area contributed by atoms with E-state index in [2.05, 4.69) is 10.3 Å². The summed E-state index contributed by atoms with van der Waals surface area (Å²) in [7, 11) is 0. The topological polar surface area (TPSA) is 97.2 Å². The summed E-state index contributed by atoms with van der Waals surface area (Å²) < 4.78 is 5.85. The monoisotopic (exact) mass is 383 g/mol. The number of H-pyrrole nitrogens is 1. The van der Waals surface area contributed by atoms with Gasteiger partial charge < -0.3 is 20.8 Å². The van der Waals surface area contributed by atoms with Gasteiger partial charge in [0.25, 0.3) is 5.91 Å². The van der Waals surface area contributed by atoms with Crippen LogP contribution in [0.1, 0.15) is 50.4 Å². The van der Waals surface area contributed by atoms with Crippen molar-refractivity contribution in [2.24, 2.45) is 5.73 Å². The molecule has 1 aliphatic rings. The number of pyridine rings is 1. The summed E-state index contributed by atoms with van der Waals surface area (Å²) in [5.41, 5.74) is 7.56. The molecule has 0 aliphatic heterocycles. The molecule has 0 saturated heterocycles. The van der Waals surface area contributed by atoms with Gasteiger partial charge >= 0.3 is 0 Å². The predicted molar refractivity (Wildman–Crippen MR) is 113 cm³/mol. The zero-order chi connectivity index (χ0) is 20.5. The summed E-state index contributed by atoms with van der Waals surface area (Å²) in [6, 6.07) is 7.10. The lowest BCUT2D eigenvalue weighted by molar-refractivity contribution is 0.0656. The third kappa shape index (κ3) is 5.10. The summed E-state index contributed by atoms with van der Waals surface area (Å²) >= 11 is 0. The Morgan fingerprint density at radius 3 is 2.82 bits per heavy atom. The highest BCUT2D eigenvalue weighted by Crippen LogP contribution is 2.18. The Morgan fingerprint density at radius 2 is 2.07 bits per heavy atom. The number of rotatable bonds is 5. The molecule has 6 nitrogen and oxygen atoms in total. The SMILES string of the molecule is CC.CCCOC1CCC=C(N)C=C1NC(=O)c1c[nH]c2ccccc2c1=O. The van der Waals surface area contributed by atoms with Crippen molar-refractivity contribution >= 4 is 16.8 Å². The van der Waals surface area contributed by atoms with Gasteiger partial charge in [-0.1, -0.05) is 39.0 Å². The van der Waals surface area contributed by atoms with Crippen LogP contribution in [0, 0.1) is 0 Å². The van der Waals surface area contributed by atoms with Gasteiger partial charge in [-0.15, -0.1) is 0 Å². The van der Waals surface area contributed by atoms with Crippen molar-refractivity contribution in [2.75, 3.05) is 6.61 Å². The fourth-order valence-electron chi connectivity index (χ4n) is 2.97. The summed E-state index contributed by atoms with van der Waals surface area (Å²) in [6.45, 7) is 6.62. The number of nitrogens with two attached hydrogens (primary N) is 1. The second-order valence-electron chi connectivity index (χ2n) is 6.27. The quantitative estimate of drug-likeness (QED) is 0.735. The number of para-hydroxylation sites is 1. The van der Waals surface area contributed by atoms with Crippen LogP contribution in [0.25, 0.3) is 10.9 Å². The van der Waals surface area contributed by atoms with Gasteiger partial charge in [0.05, 0.1) is 6.10 Å². The number of amides is 1. The highest BCUT2D eigenvalue weighted by Gasteiger charge is 2.21. The van der Waals surface area contributed by atoms with Gasteiger partial charge in [-0.3, -0.25) is 9.59 Å². The molecule has 0 spiro atoms. The van der Waals surface area contributed by atoms with Crippen LogP contribution >= 0.6 is 0 Å². The highest BCUT2D eigenvalue weighted by molar-refractivity contribution is 5.98. The van der Waals surface area contributed by atoms with E-state index in [-0.39, 0.29) is 17.1 Å². The number of aromatic amines is 1. The Balaban J connectivity index is 0.00000136. The second-order valence-corrected chi connectivity index (χ2v) is 6.27. The second kappa shape index (κ2) is 10.5. The van der Waals surface area contributed by atoms with Gasteiger partial charge in [-0.05, 0) is 37.5 Å². The Labute approximate surface area is 165 Å². The third-order valence-electron chi connectivity index (χ3n) is 4.29. The van der Waals surface area contributed by atoms with E-state index < -0.39 is 5.91 Å². The highest BCUT2D eigenvalue weighted by atomic mass is 16.5. The van der Waals surface area contributed by atoms with Crippen molar-refractivity contribution in [2.45, 2.75) is 46.1 Å². The molecule has 28 heavy (non-hydrogen) atoms.